The lowest BCUT2D eigenvalue weighted by Gasteiger charge is -2.16. The van der Waals surface area contributed by atoms with Crippen molar-refractivity contribution in [3.63, 3.8) is 0 Å². The van der Waals surface area contributed by atoms with Gasteiger partial charge in [0.15, 0.2) is 0 Å². The number of hydrogen-bond acceptors (Lipinski definition) is 4. The number of carbonyl (C=O) groups is 2. The van der Waals surface area contributed by atoms with E-state index in [-0.39, 0.29) is 13.2 Å². The maximum absolute atomic E-state index is 11.3. The Balaban J connectivity index is 3.74. The Kier molecular flexibility index (Phi) is 6.15. The van der Waals surface area contributed by atoms with Crippen molar-refractivity contribution < 1.29 is 19.1 Å². The molecule has 0 rings (SSSR count). The van der Waals surface area contributed by atoms with Crippen LogP contribution in [-0.2, 0) is 19.1 Å². The zero-order chi connectivity index (χ0) is 12.6. The van der Waals surface area contributed by atoms with Gasteiger partial charge in [0.1, 0.15) is 0 Å². The van der Waals surface area contributed by atoms with Gasteiger partial charge in [-0.2, -0.15) is 0 Å². The molecule has 0 fully saturated rings. The molecule has 0 unspecified atom stereocenters. The Morgan fingerprint density at radius 2 is 1.88 bits per heavy atom. The van der Waals surface area contributed by atoms with Crippen molar-refractivity contribution in [2.75, 3.05) is 6.79 Å². The SMILES string of the molecule is C=CC=CCC(=O)OCOC(=O)C(C)(C)C. The number of rotatable bonds is 5. The first-order chi connectivity index (χ1) is 7.38. The molecule has 0 atom stereocenters. The van der Waals surface area contributed by atoms with Crippen LogP contribution in [0.3, 0.4) is 0 Å². The lowest BCUT2D eigenvalue weighted by atomic mass is 9.98. The summed E-state index contributed by atoms with van der Waals surface area (Å²) in [6, 6.07) is 0. The summed E-state index contributed by atoms with van der Waals surface area (Å²) in [5, 5.41) is 0. The van der Waals surface area contributed by atoms with Crippen LogP contribution in [0, 0.1) is 5.41 Å². The van der Waals surface area contributed by atoms with E-state index < -0.39 is 17.4 Å². The van der Waals surface area contributed by atoms with Gasteiger partial charge in [-0.3, -0.25) is 9.59 Å². The van der Waals surface area contributed by atoms with Crippen LogP contribution < -0.4 is 0 Å². The van der Waals surface area contributed by atoms with Crippen molar-refractivity contribution >= 4 is 11.9 Å². The summed E-state index contributed by atoms with van der Waals surface area (Å²) < 4.78 is 9.44. The van der Waals surface area contributed by atoms with Crippen molar-refractivity contribution in [1.82, 2.24) is 0 Å². The molecule has 0 aromatic carbocycles. The number of allylic oxidation sites excluding steroid dienone is 2. The number of esters is 2. The van der Waals surface area contributed by atoms with E-state index >= 15 is 0 Å². The average molecular weight is 226 g/mol. The molecule has 0 aromatic heterocycles. The van der Waals surface area contributed by atoms with E-state index in [0.717, 1.165) is 0 Å². The average Bonchev–Trinajstić information content (AvgIpc) is 2.16. The van der Waals surface area contributed by atoms with Crippen LogP contribution in [0.15, 0.2) is 24.8 Å². The molecule has 0 aliphatic heterocycles. The van der Waals surface area contributed by atoms with Gasteiger partial charge in [0.05, 0.1) is 11.8 Å². The lowest BCUT2D eigenvalue weighted by molar-refractivity contribution is -0.172. The summed E-state index contributed by atoms with van der Waals surface area (Å²) in [6.45, 7) is 8.30. The second-order valence-corrected chi connectivity index (χ2v) is 4.18. The predicted octanol–water partition coefficient (Wildman–Crippen LogP) is 2.21. The molecule has 0 heterocycles. The first-order valence-electron chi connectivity index (χ1n) is 4.98. The second-order valence-electron chi connectivity index (χ2n) is 4.18. The van der Waals surface area contributed by atoms with E-state index in [1.54, 1.807) is 39.0 Å². The Labute approximate surface area is 95.9 Å². The van der Waals surface area contributed by atoms with Crippen LogP contribution in [0.1, 0.15) is 27.2 Å². The van der Waals surface area contributed by atoms with E-state index in [1.165, 1.54) is 0 Å². The Morgan fingerprint density at radius 3 is 2.38 bits per heavy atom. The monoisotopic (exact) mass is 226 g/mol. The lowest BCUT2D eigenvalue weighted by Crippen LogP contribution is -2.24. The van der Waals surface area contributed by atoms with E-state index in [2.05, 4.69) is 11.3 Å². The van der Waals surface area contributed by atoms with Crippen LogP contribution in [0.5, 0.6) is 0 Å². The van der Waals surface area contributed by atoms with E-state index in [9.17, 15) is 9.59 Å². The Hall–Kier alpha value is -1.58. The molecular weight excluding hydrogens is 208 g/mol. The summed E-state index contributed by atoms with van der Waals surface area (Å²) in [7, 11) is 0. The van der Waals surface area contributed by atoms with Gasteiger partial charge in [0.25, 0.3) is 0 Å². The number of carbonyl (C=O) groups excluding carboxylic acids is 2. The van der Waals surface area contributed by atoms with E-state index in [0.29, 0.717) is 0 Å². The minimum atomic E-state index is -0.588. The zero-order valence-electron chi connectivity index (χ0n) is 9.99. The molecular formula is C12H18O4. The summed E-state index contributed by atoms with van der Waals surface area (Å²) in [5.74, 6) is -0.846. The Morgan fingerprint density at radius 1 is 1.25 bits per heavy atom. The molecule has 0 aliphatic carbocycles. The van der Waals surface area contributed by atoms with Gasteiger partial charge >= 0.3 is 11.9 Å². The third kappa shape index (κ3) is 6.81. The molecule has 0 saturated carbocycles. The highest BCUT2D eigenvalue weighted by molar-refractivity contribution is 5.75. The molecule has 0 radical (unpaired) electrons. The molecule has 0 aliphatic rings. The summed E-state index contributed by atoms with van der Waals surface area (Å²) in [5.41, 5.74) is -0.588. The molecule has 0 amide bonds. The fraction of sp³-hybridized carbons (Fsp3) is 0.500. The Bertz CT molecular complexity index is 284. The van der Waals surface area contributed by atoms with Gasteiger partial charge < -0.3 is 9.47 Å². The highest BCUT2D eigenvalue weighted by Crippen LogP contribution is 2.14. The predicted molar refractivity (Wildman–Crippen MR) is 60.5 cm³/mol. The molecule has 4 nitrogen and oxygen atoms in total. The smallest absolute Gasteiger partial charge is 0.314 e. The molecule has 16 heavy (non-hydrogen) atoms. The normalized spacial score (nSPS) is 11.2. The van der Waals surface area contributed by atoms with Crippen molar-refractivity contribution in [2.45, 2.75) is 27.2 Å². The van der Waals surface area contributed by atoms with Gasteiger partial charge in [0.2, 0.25) is 6.79 Å². The molecule has 0 N–H and O–H groups in total. The quantitative estimate of drug-likeness (QED) is 0.409. The first kappa shape index (κ1) is 14.4. The maximum Gasteiger partial charge on any atom is 0.314 e. The van der Waals surface area contributed by atoms with Gasteiger partial charge in [0, 0.05) is 0 Å². The highest BCUT2D eigenvalue weighted by atomic mass is 16.7. The van der Waals surface area contributed by atoms with Gasteiger partial charge in [-0.05, 0) is 20.8 Å². The fourth-order valence-corrected chi connectivity index (χ4v) is 0.685. The van der Waals surface area contributed by atoms with Gasteiger partial charge in [-0.25, -0.2) is 0 Å². The van der Waals surface area contributed by atoms with Crippen LogP contribution in [0.25, 0.3) is 0 Å². The van der Waals surface area contributed by atoms with Gasteiger partial charge in [-0.15, -0.1) is 0 Å². The highest BCUT2D eigenvalue weighted by Gasteiger charge is 2.23. The zero-order valence-corrected chi connectivity index (χ0v) is 9.99. The molecule has 0 aromatic rings. The molecule has 4 heteroatoms. The molecule has 90 valence electrons. The fourth-order valence-electron chi connectivity index (χ4n) is 0.685. The van der Waals surface area contributed by atoms with Crippen LogP contribution >= 0.6 is 0 Å². The summed E-state index contributed by atoms with van der Waals surface area (Å²) >= 11 is 0. The third-order valence-electron chi connectivity index (χ3n) is 1.58. The van der Waals surface area contributed by atoms with Crippen molar-refractivity contribution in [2.24, 2.45) is 5.41 Å². The van der Waals surface area contributed by atoms with Crippen molar-refractivity contribution in [3.8, 4) is 0 Å². The number of ether oxygens (including phenoxy) is 2. The minimum absolute atomic E-state index is 0.138. The van der Waals surface area contributed by atoms with Crippen molar-refractivity contribution in [1.29, 1.82) is 0 Å². The van der Waals surface area contributed by atoms with E-state index in [1.807, 2.05) is 0 Å². The second kappa shape index (κ2) is 6.82. The summed E-state index contributed by atoms with van der Waals surface area (Å²) in [4.78, 5) is 22.3. The first-order valence-corrected chi connectivity index (χ1v) is 4.98. The summed E-state index contributed by atoms with van der Waals surface area (Å²) in [6.07, 6.45) is 4.95. The van der Waals surface area contributed by atoms with Crippen LogP contribution in [0.4, 0.5) is 0 Å². The maximum atomic E-state index is 11.3. The topological polar surface area (TPSA) is 52.6 Å². The van der Waals surface area contributed by atoms with E-state index in [4.69, 9.17) is 4.74 Å². The van der Waals surface area contributed by atoms with Gasteiger partial charge in [-0.1, -0.05) is 24.8 Å². The van der Waals surface area contributed by atoms with Crippen LogP contribution in [-0.4, -0.2) is 18.7 Å². The van der Waals surface area contributed by atoms with Crippen molar-refractivity contribution in [3.05, 3.63) is 24.8 Å². The van der Waals surface area contributed by atoms with Crippen LogP contribution in [0.2, 0.25) is 0 Å². The molecule has 0 saturated heterocycles. The number of hydrogen-bond donors (Lipinski definition) is 0. The standard InChI is InChI=1S/C12H18O4/c1-5-6-7-8-10(13)15-9-16-11(14)12(2,3)4/h5-7H,1,8-9H2,2-4H3. The largest absolute Gasteiger partial charge is 0.428 e. The molecule has 0 bridgehead atoms. The third-order valence-corrected chi connectivity index (χ3v) is 1.58. The minimum Gasteiger partial charge on any atom is -0.428 e. The molecule has 0 spiro atoms.